The van der Waals surface area contributed by atoms with E-state index in [-0.39, 0.29) is 6.42 Å². The van der Waals surface area contributed by atoms with Gasteiger partial charge in [-0.15, -0.1) is 0 Å². The molecule has 0 saturated heterocycles. The van der Waals surface area contributed by atoms with Crippen LogP contribution in [0.15, 0.2) is 30.6 Å². The smallest absolute Gasteiger partial charge is 0.386 e. The molecule has 0 radical (unpaired) electrons. The fraction of sp³-hybridized carbons (Fsp3) is 0.300. The highest BCUT2D eigenvalue weighted by atomic mass is 19.4. The molecule has 7 heteroatoms. The zero-order chi connectivity index (χ0) is 13.3. The fourth-order valence-electron chi connectivity index (χ4n) is 0.546. The Labute approximate surface area is 95.4 Å². The van der Waals surface area contributed by atoms with E-state index in [0.717, 1.165) is 0 Å². The molecule has 0 aliphatic rings. The first-order valence-corrected chi connectivity index (χ1v) is 4.54. The molecule has 0 unspecified atom stereocenters. The number of hydrogen-bond acceptors (Lipinski definition) is 4. The maximum atomic E-state index is 11.3. The second-order valence-electron chi connectivity index (χ2n) is 2.64. The zero-order valence-electron chi connectivity index (χ0n) is 8.90. The Kier molecular flexibility index (Phi) is 6.54. The SMILES string of the molecule is CCC(=O)OC(=O)C(F)(F)F.c1ccncc1. The summed E-state index contributed by atoms with van der Waals surface area (Å²) >= 11 is 0. The summed E-state index contributed by atoms with van der Waals surface area (Å²) in [4.78, 5) is 23.8. The Hall–Kier alpha value is -1.92. The van der Waals surface area contributed by atoms with E-state index >= 15 is 0 Å². The van der Waals surface area contributed by atoms with E-state index in [1.807, 2.05) is 18.2 Å². The van der Waals surface area contributed by atoms with E-state index < -0.39 is 18.1 Å². The summed E-state index contributed by atoms with van der Waals surface area (Å²) in [5.74, 6) is -3.66. The maximum Gasteiger partial charge on any atom is 0.491 e. The van der Waals surface area contributed by atoms with Gasteiger partial charge in [0.1, 0.15) is 0 Å². The van der Waals surface area contributed by atoms with E-state index in [4.69, 9.17) is 0 Å². The lowest BCUT2D eigenvalue weighted by atomic mass is 10.5. The number of carbonyl (C=O) groups excluding carboxylic acids is 2. The van der Waals surface area contributed by atoms with Crippen LogP contribution < -0.4 is 0 Å². The Balaban J connectivity index is 0.000000354. The van der Waals surface area contributed by atoms with Gasteiger partial charge in [-0.1, -0.05) is 13.0 Å². The number of rotatable bonds is 1. The number of carbonyl (C=O) groups is 2. The van der Waals surface area contributed by atoms with Crippen molar-refractivity contribution in [1.29, 1.82) is 0 Å². The van der Waals surface area contributed by atoms with Crippen LogP contribution in [0.2, 0.25) is 0 Å². The molecule has 0 saturated carbocycles. The van der Waals surface area contributed by atoms with Crippen LogP contribution in [0.3, 0.4) is 0 Å². The topological polar surface area (TPSA) is 56.3 Å². The van der Waals surface area contributed by atoms with Crippen LogP contribution in [-0.4, -0.2) is 23.1 Å². The Morgan fingerprint density at radius 1 is 1.18 bits per heavy atom. The molecule has 17 heavy (non-hydrogen) atoms. The summed E-state index contributed by atoms with van der Waals surface area (Å²) in [5, 5.41) is 0. The standard InChI is InChI=1S/C5H5F3O3.C5H5N/c1-2-3(9)11-4(10)5(6,7)8;1-2-4-6-5-3-1/h2H2,1H3;1-5H. The minimum absolute atomic E-state index is 0.262. The maximum absolute atomic E-state index is 11.3. The van der Waals surface area contributed by atoms with Gasteiger partial charge in [0.25, 0.3) is 0 Å². The highest BCUT2D eigenvalue weighted by Crippen LogP contribution is 2.16. The van der Waals surface area contributed by atoms with Crippen LogP contribution in [0.1, 0.15) is 13.3 Å². The molecule has 0 atom stereocenters. The minimum Gasteiger partial charge on any atom is -0.386 e. The third-order valence-corrected chi connectivity index (χ3v) is 1.29. The van der Waals surface area contributed by atoms with Crippen LogP contribution in [0, 0.1) is 0 Å². The summed E-state index contributed by atoms with van der Waals surface area (Å²) in [7, 11) is 0. The van der Waals surface area contributed by atoms with Gasteiger partial charge in [-0.25, -0.2) is 4.79 Å². The van der Waals surface area contributed by atoms with Gasteiger partial charge in [0.2, 0.25) is 0 Å². The van der Waals surface area contributed by atoms with Crippen molar-refractivity contribution in [1.82, 2.24) is 4.98 Å². The summed E-state index contributed by atoms with van der Waals surface area (Å²) in [6.07, 6.45) is -1.85. The molecule has 0 aliphatic heterocycles. The van der Waals surface area contributed by atoms with Crippen molar-refractivity contribution in [3.63, 3.8) is 0 Å². The molecule has 0 spiro atoms. The van der Waals surface area contributed by atoms with Crippen molar-refractivity contribution in [2.24, 2.45) is 0 Å². The lowest BCUT2D eigenvalue weighted by Crippen LogP contribution is -2.27. The first-order chi connectivity index (χ1) is 7.88. The van der Waals surface area contributed by atoms with Crippen molar-refractivity contribution in [3.8, 4) is 0 Å². The number of nitrogens with zero attached hydrogens (tertiary/aromatic N) is 1. The lowest BCUT2D eigenvalue weighted by molar-refractivity contribution is -0.201. The average molecular weight is 249 g/mol. The monoisotopic (exact) mass is 249 g/mol. The largest absolute Gasteiger partial charge is 0.491 e. The summed E-state index contributed by atoms with van der Waals surface area (Å²) in [6.45, 7) is 1.28. The van der Waals surface area contributed by atoms with Gasteiger partial charge < -0.3 is 4.74 Å². The van der Waals surface area contributed by atoms with E-state index in [0.29, 0.717) is 0 Å². The summed E-state index contributed by atoms with van der Waals surface area (Å²) in [5.41, 5.74) is 0. The van der Waals surface area contributed by atoms with E-state index in [2.05, 4.69) is 9.72 Å². The van der Waals surface area contributed by atoms with Crippen LogP contribution in [0.25, 0.3) is 0 Å². The highest BCUT2D eigenvalue weighted by molar-refractivity contribution is 5.88. The molecule has 0 aliphatic carbocycles. The first-order valence-electron chi connectivity index (χ1n) is 4.54. The van der Waals surface area contributed by atoms with Crippen molar-refractivity contribution in [3.05, 3.63) is 30.6 Å². The van der Waals surface area contributed by atoms with E-state index in [1.165, 1.54) is 6.92 Å². The molecule has 0 fully saturated rings. The lowest BCUT2D eigenvalue weighted by Gasteiger charge is -2.03. The molecule has 0 aromatic carbocycles. The number of ether oxygens (including phenoxy) is 1. The molecule has 1 aromatic heterocycles. The Bertz CT molecular complexity index is 325. The Morgan fingerprint density at radius 2 is 1.71 bits per heavy atom. The van der Waals surface area contributed by atoms with Gasteiger partial charge in [0.15, 0.2) is 0 Å². The number of hydrogen-bond donors (Lipinski definition) is 0. The van der Waals surface area contributed by atoms with Crippen LogP contribution in [0.4, 0.5) is 13.2 Å². The molecule has 1 heterocycles. The molecule has 0 amide bonds. The summed E-state index contributed by atoms with van der Waals surface area (Å²) < 4.78 is 37.3. The van der Waals surface area contributed by atoms with Crippen molar-refractivity contribution < 1.29 is 27.5 Å². The summed E-state index contributed by atoms with van der Waals surface area (Å²) in [6, 6.07) is 5.72. The normalized spacial score (nSPS) is 9.88. The van der Waals surface area contributed by atoms with E-state index in [1.54, 1.807) is 12.4 Å². The van der Waals surface area contributed by atoms with Gasteiger partial charge >= 0.3 is 18.1 Å². The van der Waals surface area contributed by atoms with Crippen LogP contribution in [-0.2, 0) is 14.3 Å². The molecule has 0 bridgehead atoms. The van der Waals surface area contributed by atoms with Crippen molar-refractivity contribution in [2.75, 3.05) is 0 Å². The zero-order valence-corrected chi connectivity index (χ0v) is 8.90. The van der Waals surface area contributed by atoms with Gasteiger partial charge in [0.05, 0.1) is 0 Å². The predicted octanol–water partition coefficient (Wildman–Crippen LogP) is 2.11. The number of alkyl halides is 3. The number of esters is 2. The molecule has 94 valence electrons. The number of aromatic nitrogens is 1. The van der Waals surface area contributed by atoms with Gasteiger partial charge in [-0.05, 0) is 12.1 Å². The number of halogens is 3. The predicted molar refractivity (Wildman–Crippen MR) is 51.7 cm³/mol. The van der Waals surface area contributed by atoms with Gasteiger partial charge in [0, 0.05) is 18.8 Å². The molecule has 1 rings (SSSR count). The average Bonchev–Trinajstić information content (AvgIpc) is 2.30. The van der Waals surface area contributed by atoms with Crippen LogP contribution in [0.5, 0.6) is 0 Å². The fourth-order valence-corrected chi connectivity index (χ4v) is 0.546. The molecule has 0 N–H and O–H groups in total. The molecule has 4 nitrogen and oxygen atoms in total. The molecular weight excluding hydrogens is 239 g/mol. The second-order valence-corrected chi connectivity index (χ2v) is 2.64. The van der Waals surface area contributed by atoms with Gasteiger partial charge in [-0.3, -0.25) is 9.78 Å². The second kappa shape index (κ2) is 7.37. The van der Waals surface area contributed by atoms with Crippen LogP contribution >= 0.6 is 0 Å². The third-order valence-electron chi connectivity index (χ3n) is 1.29. The van der Waals surface area contributed by atoms with E-state index in [9.17, 15) is 22.8 Å². The van der Waals surface area contributed by atoms with Crippen molar-refractivity contribution >= 4 is 11.9 Å². The third kappa shape index (κ3) is 7.95. The molecular formula is C10H10F3NO3. The van der Waals surface area contributed by atoms with Gasteiger partial charge in [-0.2, -0.15) is 13.2 Å². The quantitative estimate of drug-likeness (QED) is 0.565. The minimum atomic E-state index is -5.09. The Morgan fingerprint density at radius 3 is 1.94 bits per heavy atom. The number of pyridine rings is 1. The molecule has 1 aromatic rings. The first kappa shape index (κ1) is 15.1. The highest BCUT2D eigenvalue weighted by Gasteiger charge is 2.42. The van der Waals surface area contributed by atoms with Crippen molar-refractivity contribution in [2.45, 2.75) is 19.5 Å².